The standard InChI is InChI=1S/C15H31O4P/c1-5-7-9-15(10-8-6-2)17-11-14(12-18-15)13-19-20(3,4)16/h14H,5-13H2,1-4H3. The molecule has 0 bridgehead atoms. The Labute approximate surface area is 124 Å². The van der Waals surface area contributed by atoms with E-state index in [1.165, 1.54) is 0 Å². The predicted octanol–water partition coefficient (Wildman–Crippen LogP) is 4.28. The van der Waals surface area contributed by atoms with Gasteiger partial charge in [-0.25, -0.2) is 0 Å². The van der Waals surface area contributed by atoms with Gasteiger partial charge in [-0.15, -0.1) is 0 Å². The molecule has 1 aliphatic rings. The first kappa shape index (κ1) is 18.2. The van der Waals surface area contributed by atoms with Crippen molar-refractivity contribution >= 4 is 7.37 Å². The highest BCUT2D eigenvalue weighted by Gasteiger charge is 2.36. The van der Waals surface area contributed by atoms with Crippen molar-refractivity contribution in [2.75, 3.05) is 33.2 Å². The Balaban J connectivity index is 2.43. The number of hydrogen-bond acceptors (Lipinski definition) is 4. The van der Waals surface area contributed by atoms with Crippen molar-refractivity contribution in [2.45, 2.75) is 58.2 Å². The monoisotopic (exact) mass is 306 g/mol. The zero-order chi connectivity index (χ0) is 15.1. The van der Waals surface area contributed by atoms with Crippen LogP contribution in [-0.4, -0.2) is 38.9 Å². The van der Waals surface area contributed by atoms with Crippen molar-refractivity contribution in [3.63, 3.8) is 0 Å². The molecule has 0 radical (unpaired) electrons. The average molecular weight is 306 g/mol. The molecule has 0 aromatic carbocycles. The van der Waals surface area contributed by atoms with E-state index in [2.05, 4.69) is 13.8 Å². The van der Waals surface area contributed by atoms with Gasteiger partial charge in [-0.2, -0.15) is 0 Å². The fourth-order valence-corrected chi connectivity index (χ4v) is 2.89. The molecular formula is C15H31O4P. The van der Waals surface area contributed by atoms with E-state index in [4.69, 9.17) is 14.0 Å². The van der Waals surface area contributed by atoms with E-state index in [9.17, 15) is 4.57 Å². The molecule has 0 spiro atoms. The highest BCUT2D eigenvalue weighted by Crippen LogP contribution is 2.39. The summed E-state index contributed by atoms with van der Waals surface area (Å²) >= 11 is 0. The smallest absolute Gasteiger partial charge is 0.197 e. The van der Waals surface area contributed by atoms with E-state index in [0.717, 1.165) is 38.5 Å². The second kappa shape index (κ2) is 8.53. The van der Waals surface area contributed by atoms with Crippen molar-refractivity contribution in [3.8, 4) is 0 Å². The normalized spacial score (nSPS) is 20.2. The molecule has 0 aromatic heterocycles. The van der Waals surface area contributed by atoms with Crippen molar-refractivity contribution in [3.05, 3.63) is 0 Å². The van der Waals surface area contributed by atoms with Gasteiger partial charge in [0.05, 0.1) is 19.8 Å². The molecule has 0 unspecified atom stereocenters. The highest BCUT2D eigenvalue weighted by molar-refractivity contribution is 7.57. The topological polar surface area (TPSA) is 44.8 Å². The van der Waals surface area contributed by atoms with E-state index < -0.39 is 7.37 Å². The number of hydrogen-bond donors (Lipinski definition) is 0. The molecule has 1 fully saturated rings. The van der Waals surface area contributed by atoms with Crippen LogP contribution in [0, 0.1) is 5.92 Å². The molecule has 0 aromatic rings. The van der Waals surface area contributed by atoms with Crippen molar-refractivity contribution in [2.24, 2.45) is 5.92 Å². The first-order valence-electron chi connectivity index (χ1n) is 7.88. The zero-order valence-electron chi connectivity index (χ0n) is 13.5. The van der Waals surface area contributed by atoms with Crippen LogP contribution in [0.3, 0.4) is 0 Å². The second-order valence-electron chi connectivity index (χ2n) is 6.15. The number of rotatable bonds is 9. The summed E-state index contributed by atoms with van der Waals surface area (Å²) in [6.45, 7) is 9.41. The van der Waals surface area contributed by atoms with Crippen LogP contribution >= 0.6 is 7.37 Å². The molecule has 0 atom stereocenters. The summed E-state index contributed by atoms with van der Waals surface area (Å²) < 4.78 is 29.1. The third kappa shape index (κ3) is 6.71. The van der Waals surface area contributed by atoms with Crippen LogP contribution < -0.4 is 0 Å². The van der Waals surface area contributed by atoms with Crippen LogP contribution in [0.2, 0.25) is 0 Å². The molecule has 5 heteroatoms. The molecule has 0 saturated carbocycles. The molecule has 0 amide bonds. The first-order chi connectivity index (χ1) is 9.41. The summed E-state index contributed by atoms with van der Waals surface area (Å²) in [4.78, 5) is 0. The Morgan fingerprint density at radius 3 is 2.00 bits per heavy atom. The lowest BCUT2D eigenvalue weighted by Gasteiger charge is -2.40. The van der Waals surface area contributed by atoms with Gasteiger partial charge in [0.2, 0.25) is 0 Å². The summed E-state index contributed by atoms with van der Waals surface area (Å²) in [5, 5.41) is 0. The summed E-state index contributed by atoms with van der Waals surface area (Å²) in [6.07, 6.45) is 6.51. The fraction of sp³-hybridized carbons (Fsp3) is 1.00. The maximum absolute atomic E-state index is 11.6. The average Bonchev–Trinajstić information content (AvgIpc) is 2.41. The maximum Gasteiger partial charge on any atom is 0.197 e. The lowest BCUT2D eigenvalue weighted by molar-refractivity contribution is -0.291. The minimum Gasteiger partial charge on any atom is -0.349 e. The second-order valence-corrected chi connectivity index (χ2v) is 8.92. The SMILES string of the molecule is CCCCC1(CCCC)OCC(COP(C)(C)=O)CO1. The van der Waals surface area contributed by atoms with Crippen molar-refractivity contribution in [1.29, 1.82) is 0 Å². The lowest BCUT2D eigenvalue weighted by Crippen LogP contribution is -2.45. The molecule has 1 aliphatic heterocycles. The van der Waals surface area contributed by atoms with Crippen molar-refractivity contribution in [1.82, 2.24) is 0 Å². The van der Waals surface area contributed by atoms with E-state index in [1.807, 2.05) is 0 Å². The Morgan fingerprint density at radius 2 is 1.60 bits per heavy atom. The quantitative estimate of drug-likeness (QED) is 0.596. The largest absolute Gasteiger partial charge is 0.349 e. The third-order valence-corrected chi connectivity index (χ3v) is 4.38. The minimum atomic E-state index is -2.41. The molecule has 0 aliphatic carbocycles. The van der Waals surface area contributed by atoms with Crippen LogP contribution in [0.15, 0.2) is 0 Å². The molecule has 4 nitrogen and oxygen atoms in total. The van der Waals surface area contributed by atoms with Crippen LogP contribution in [0.1, 0.15) is 52.4 Å². The van der Waals surface area contributed by atoms with Crippen LogP contribution in [-0.2, 0) is 18.6 Å². The Kier molecular flexibility index (Phi) is 7.74. The van der Waals surface area contributed by atoms with Crippen LogP contribution in [0.5, 0.6) is 0 Å². The van der Waals surface area contributed by atoms with Gasteiger partial charge in [-0.1, -0.05) is 26.7 Å². The van der Waals surface area contributed by atoms with Crippen LogP contribution in [0.25, 0.3) is 0 Å². The van der Waals surface area contributed by atoms with Gasteiger partial charge in [-0.3, -0.25) is 4.57 Å². The van der Waals surface area contributed by atoms with Gasteiger partial charge < -0.3 is 14.0 Å². The Hall–Kier alpha value is 0.110. The molecule has 1 saturated heterocycles. The lowest BCUT2D eigenvalue weighted by atomic mass is 10.00. The highest BCUT2D eigenvalue weighted by atomic mass is 31.2. The maximum atomic E-state index is 11.6. The van der Waals surface area contributed by atoms with Gasteiger partial charge in [0.25, 0.3) is 0 Å². The van der Waals surface area contributed by atoms with E-state index in [-0.39, 0.29) is 11.7 Å². The molecule has 20 heavy (non-hydrogen) atoms. The van der Waals surface area contributed by atoms with Gasteiger partial charge >= 0.3 is 0 Å². The van der Waals surface area contributed by atoms with Gasteiger partial charge in [-0.05, 0) is 12.8 Å². The molecule has 0 N–H and O–H groups in total. The minimum absolute atomic E-state index is 0.194. The molecular weight excluding hydrogens is 275 g/mol. The van der Waals surface area contributed by atoms with E-state index in [0.29, 0.717) is 19.8 Å². The van der Waals surface area contributed by atoms with Gasteiger partial charge in [0.15, 0.2) is 13.2 Å². The summed E-state index contributed by atoms with van der Waals surface area (Å²) in [6, 6.07) is 0. The predicted molar refractivity (Wildman–Crippen MR) is 82.6 cm³/mol. The van der Waals surface area contributed by atoms with E-state index >= 15 is 0 Å². The Morgan fingerprint density at radius 1 is 1.10 bits per heavy atom. The third-order valence-electron chi connectivity index (χ3n) is 3.61. The van der Waals surface area contributed by atoms with Gasteiger partial charge in [0, 0.05) is 32.1 Å². The number of unbranched alkanes of at least 4 members (excludes halogenated alkanes) is 2. The fourth-order valence-electron chi connectivity index (χ4n) is 2.32. The first-order valence-corrected chi connectivity index (χ1v) is 10.4. The van der Waals surface area contributed by atoms with Crippen LogP contribution in [0.4, 0.5) is 0 Å². The summed E-state index contributed by atoms with van der Waals surface area (Å²) in [5.41, 5.74) is 0. The Bertz CT molecular complexity index is 295. The zero-order valence-corrected chi connectivity index (χ0v) is 14.4. The number of ether oxygens (including phenoxy) is 2. The van der Waals surface area contributed by atoms with E-state index in [1.54, 1.807) is 13.3 Å². The molecule has 1 heterocycles. The summed E-state index contributed by atoms with van der Waals surface area (Å²) in [5.74, 6) is -0.190. The van der Waals surface area contributed by atoms with Crippen molar-refractivity contribution < 1.29 is 18.6 Å². The molecule has 120 valence electrons. The van der Waals surface area contributed by atoms with Gasteiger partial charge in [0.1, 0.15) is 0 Å². The molecule has 1 rings (SSSR count). The summed E-state index contributed by atoms with van der Waals surface area (Å²) in [7, 11) is -2.41.